The first kappa shape index (κ1) is 14.3. The van der Waals surface area contributed by atoms with Gasteiger partial charge in [-0.3, -0.25) is 0 Å². The second-order valence-electron chi connectivity index (χ2n) is 5.50. The summed E-state index contributed by atoms with van der Waals surface area (Å²) in [6.07, 6.45) is 3.64. The van der Waals surface area contributed by atoms with Crippen LogP contribution in [0.1, 0.15) is 33.1 Å². The van der Waals surface area contributed by atoms with Gasteiger partial charge in [-0.25, -0.2) is 0 Å². The maximum atomic E-state index is 6.20. The van der Waals surface area contributed by atoms with Crippen LogP contribution in [0.15, 0.2) is 12.1 Å². The smallest absolute Gasteiger partial charge is 0.0722 e. The highest BCUT2D eigenvalue weighted by Gasteiger charge is 2.24. The third kappa shape index (κ3) is 3.46. The zero-order valence-corrected chi connectivity index (χ0v) is 12.9. The largest absolute Gasteiger partial charge is 0.380 e. The van der Waals surface area contributed by atoms with Crippen molar-refractivity contribution in [3.05, 3.63) is 27.2 Å². The van der Waals surface area contributed by atoms with Crippen LogP contribution in [0.5, 0.6) is 0 Å². The van der Waals surface area contributed by atoms with Gasteiger partial charge in [0.1, 0.15) is 0 Å². The van der Waals surface area contributed by atoms with Crippen molar-refractivity contribution < 1.29 is 0 Å². The Morgan fingerprint density at radius 1 is 0.944 bits per heavy atom. The van der Waals surface area contributed by atoms with E-state index in [1.165, 1.54) is 19.3 Å². The average molecular weight is 307 g/mol. The molecule has 1 aromatic rings. The Hall–Kier alpha value is -0.110. The molecule has 0 aromatic heterocycles. The molecule has 1 aliphatic rings. The van der Waals surface area contributed by atoms with Crippen molar-refractivity contribution in [2.45, 2.75) is 39.2 Å². The first-order valence-corrected chi connectivity index (χ1v) is 7.50. The zero-order valence-electron chi connectivity index (χ0n) is 10.6. The standard InChI is InChI=1S/C14H18Cl3N/c1-8-3-9(2)5-11(4-8)18-14-12(16)6-10(15)7-13(14)17/h6-9,11,18H,3-5H2,1-2H3. The highest BCUT2D eigenvalue weighted by atomic mass is 35.5. The Balaban J connectivity index is 2.14. The number of benzene rings is 1. The summed E-state index contributed by atoms with van der Waals surface area (Å²) in [7, 11) is 0. The number of hydrogen-bond donors (Lipinski definition) is 1. The van der Waals surface area contributed by atoms with Crippen LogP contribution in [0.3, 0.4) is 0 Å². The minimum Gasteiger partial charge on any atom is -0.380 e. The van der Waals surface area contributed by atoms with Crippen molar-refractivity contribution in [2.75, 3.05) is 5.32 Å². The van der Waals surface area contributed by atoms with Gasteiger partial charge in [-0.15, -0.1) is 0 Å². The first-order valence-electron chi connectivity index (χ1n) is 6.36. The molecule has 0 bridgehead atoms. The molecule has 1 N–H and O–H groups in total. The molecule has 2 rings (SSSR count). The molecule has 0 amide bonds. The highest BCUT2D eigenvalue weighted by Crippen LogP contribution is 2.37. The van der Waals surface area contributed by atoms with E-state index in [4.69, 9.17) is 34.8 Å². The molecule has 100 valence electrons. The Morgan fingerprint density at radius 3 is 1.94 bits per heavy atom. The van der Waals surface area contributed by atoms with Gasteiger partial charge in [0.15, 0.2) is 0 Å². The van der Waals surface area contributed by atoms with Crippen molar-refractivity contribution in [1.82, 2.24) is 0 Å². The number of anilines is 1. The van der Waals surface area contributed by atoms with Crippen LogP contribution in [-0.2, 0) is 0 Å². The Morgan fingerprint density at radius 2 is 1.44 bits per heavy atom. The fourth-order valence-electron chi connectivity index (χ4n) is 2.95. The molecule has 2 unspecified atom stereocenters. The lowest BCUT2D eigenvalue weighted by atomic mass is 9.80. The molecule has 1 nitrogen and oxygen atoms in total. The molecular weight excluding hydrogens is 289 g/mol. The van der Waals surface area contributed by atoms with E-state index in [1.807, 2.05) is 0 Å². The molecule has 0 aliphatic heterocycles. The van der Waals surface area contributed by atoms with Crippen LogP contribution in [0.4, 0.5) is 5.69 Å². The van der Waals surface area contributed by atoms with Crippen LogP contribution in [0.2, 0.25) is 15.1 Å². The van der Waals surface area contributed by atoms with Crippen molar-refractivity contribution in [1.29, 1.82) is 0 Å². The summed E-state index contributed by atoms with van der Waals surface area (Å²) in [5, 5.41) is 5.24. The summed E-state index contributed by atoms with van der Waals surface area (Å²) in [6.45, 7) is 4.60. The summed E-state index contributed by atoms with van der Waals surface area (Å²) >= 11 is 18.3. The van der Waals surface area contributed by atoms with E-state index in [-0.39, 0.29) is 0 Å². The van der Waals surface area contributed by atoms with E-state index < -0.39 is 0 Å². The molecule has 0 heterocycles. The van der Waals surface area contributed by atoms with Crippen molar-refractivity contribution in [3.8, 4) is 0 Å². The van der Waals surface area contributed by atoms with Gasteiger partial charge in [0.25, 0.3) is 0 Å². The van der Waals surface area contributed by atoms with Crippen LogP contribution < -0.4 is 5.32 Å². The van der Waals surface area contributed by atoms with Gasteiger partial charge >= 0.3 is 0 Å². The highest BCUT2D eigenvalue weighted by molar-refractivity contribution is 6.41. The number of hydrogen-bond acceptors (Lipinski definition) is 1. The third-order valence-electron chi connectivity index (χ3n) is 3.53. The van der Waals surface area contributed by atoms with Crippen molar-refractivity contribution in [3.63, 3.8) is 0 Å². The Bertz CT molecular complexity index is 400. The van der Waals surface area contributed by atoms with Gasteiger partial charge in [0.05, 0.1) is 15.7 Å². The van der Waals surface area contributed by atoms with Crippen LogP contribution >= 0.6 is 34.8 Å². The van der Waals surface area contributed by atoms with Gasteiger partial charge in [0.2, 0.25) is 0 Å². The molecule has 1 fully saturated rings. The molecule has 1 saturated carbocycles. The fraction of sp³-hybridized carbons (Fsp3) is 0.571. The molecular formula is C14H18Cl3N. The first-order chi connectivity index (χ1) is 8.45. The summed E-state index contributed by atoms with van der Waals surface area (Å²) in [4.78, 5) is 0. The average Bonchev–Trinajstić information content (AvgIpc) is 2.22. The zero-order chi connectivity index (χ0) is 13.3. The molecule has 1 aromatic carbocycles. The number of nitrogens with one attached hydrogen (secondary N) is 1. The van der Waals surface area contributed by atoms with Gasteiger partial charge < -0.3 is 5.32 Å². The predicted octanol–water partition coefficient (Wildman–Crippen LogP) is 5.88. The minimum atomic E-state index is 0.444. The molecule has 1 aliphatic carbocycles. The third-order valence-corrected chi connectivity index (χ3v) is 4.35. The normalized spacial score (nSPS) is 28.2. The Kier molecular flexibility index (Phi) is 4.69. The second-order valence-corrected chi connectivity index (χ2v) is 6.75. The predicted molar refractivity (Wildman–Crippen MR) is 81.1 cm³/mol. The topological polar surface area (TPSA) is 12.0 Å². The van der Waals surface area contributed by atoms with E-state index in [9.17, 15) is 0 Å². The molecule has 0 spiro atoms. The van der Waals surface area contributed by atoms with Crippen LogP contribution in [0, 0.1) is 11.8 Å². The van der Waals surface area contributed by atoms with E-state index in [2.05, 4.69) is 19.2 Å². The monoisotopic (exact) mass is 305 g/mol. The van der Waals surface area contributed by atoms with Gasteiger partial charge in [-0.1, -0.05) is 48.7 Å². The van der Waals surface area contributed by atoms with E-state index >= 15 is 0 Å². The van der Waals surface area contributed by atoms with Gasteiger partial charge in [-0.05, 0) is 43.2 Å². The number of rotatable bonds is 2. The van der Waals surface area contributed by atoms with Crippen LogP contribution in [0.25, 0.3) is 0 Å². The summed E-state index contributed by atoms with van der Waals surface area (Å²) in [5.74, 6) is 1.49. The molecule has 0 saturated heterocycles. The van der Waals surface area contributed by atoms with Crippen molar-refractivity contribution >= 4 is 40.5 Å². The maximum Gasteiger partial charge on any atom is 0.0722 e. The van der Waals surface area contributed by atoms with Crippen molar-refractivity contribution in [2.24, 2.45) is 11.8 Å². The fourth-order valence-corrected chi connectivity index (χ4v) is 3.88. The van der Waals surface area contributed by atoms with Gasteiger partial charge in [-0.2, -0.15) is 0 Å². The van der Waals surface area contributed by atoms with E-state index in [0.717, 1.165) is 17.5 Å². The summed E-state index contributed by atoms with van der Waals surface area (Å²) in [5.41, 5.74) is 0.814. The Labute approximate surface area is 124 Å². The number of halogens is 3. The van der Waals surface area contributed by atoms with Crippen LogP contribution in [-0.4, -0.2) is 6.04 Å². The molecule has 2 atom stereocenters. The van der Waals surface area contributed by atoms with Gasteiger partial charge in [0, 0.05) is 11.1 Å². The molecule has 0 radical (unpaired) electrons. The molecule has 4 heteroatoms. The minimum absolute atomic E-state index is 0.444. The van der Waals surface area contributed by atoms with E-state index in [0.29, 0.717) is 21.1 Å². The second kappa shape index (κ2) is 5.90. The summed E-state index contributed by atoms with van der Waals surface area (Å²) < 4.78 is 0. The lowest BCUT2D eigenvalue weighted by molar-refractivity contribution is 0.281. The lowest BCUT2D eigenvalue weighted by Crippen LogP contribution is -2.30. The van der Waals surface area contributed by atoms with E-state index in [1.54, 1.807) is 12.1 Å². The maximum absolute atomic E-state index is 6.20. The quantitative estimate of drug-likeness (QED) is 0.719. The molecule has 18 heavy (non-hydrogen) atoms. The SMILES string of the molecule is CC1CC(C)CC(Nc2c(Cl)cc(Cl)cc2Cl)C1. The summed E-state index contributed by atoms with van der Waals surface area (Å²) in [6, 6.07) is 3.90. The lowest BCUT2D eigenvalue weighted by Gasteiger charge is -2.33.